The zero-order chi connectivity index (χ0) is 21.4. The second kappa shape index (κ2) is 10.5. The van der Waals surface area contributed by atoms with Gasteiger partial charge in [0.25, 0.3) is 5.91 Å². The Morgan fingerprint density at radius 3 is 2.48 bits per heavy atom. The van der Waals surface area contributed by atoms with Crippen LogP contribution in [0, 0.1) is 16.0 Å². The van der Waals surface area contributed by atoms with Crippen LogP contribution in [0.5, 0.6) is 5.75 Å². The average molecular weight is 428 g/mol. The van der Waals surface area contributed by atoms with Crippen LogP contribution in [0.3, 0.4) is 0 Å². The van der Waals surface area contributed by atoms with Crippen LogP contribution in [0.4, 0.5) is 5.69 Å². The van der Waals surface area contributed by atoms with E-state index in [1.54, 1.807) is 13.8 Å². The highest BCUT2D eigenvalue weighted by molar-refractivity contribution is 7.89. The third-order valence-electron chi connectivity index (χ3n) is 5.14. The maximum Gasteiger partial charge on any atom is 0.312 e. The van der Waals surface area contributed by atoms with Crippen LogP contribution in [0.25, 0.3) is 0 Å². The summed E-state index contributed by atoms with van der Waals surface area (Å²) in [5.41, 5.74) is -0.488. The second-order valence-corrected chi connectivity index (χ2v) is 9.01. The van der Waals surface area contributed by atoms with Gasteiger partial charge in [0.05, 0.1) is 9.82 Å². The number of benzene rings is 1. The molecular weight excluding hydrogens is 398 g/mol. The van der Waals surface area contributed by atoms with Gasteiger partial charge in [-0.1, -0.05) is 33.1 Å². The SMILES string of the molecule is CCN(CC)S(=O)(=O)c1ccc(OCC(=O)NCC2CCCCC2)c([N+](=O)[O-])c1. The van der Waals surface area contributed by atoms with Crippen molar-refractivity contribution in [2.75, 3.05) is 26.2 Å². The first-order chi connectivity index (χ1) is 13.8. The van der Waals surface area contributed by atoms with Crippen molar-refractivity contribution < 1.29 is 22.9 Å². The molecule has 0 aliphatic heterocycles. The van der Waals surface area contributed by atoms with Gasteiger partial charge in [-0.2, -0.15) is 4.31 Å². The van der Waals surface area contributed by atoms with Crippen molar-refractivity contribution in [1.82, 2.24) is 9.62 Å². The van der Waals surface area contributed by atoms with E-state index in [2.05, 4.69) is 5.32 Å². The molecule has 0 spiro atoms. The van der Waals surface area contributed by atoms with Crippen LogP contribution in [0.2, 0.25) is 0 Å². The van der Waals surface area contributed by atoms with E-state index in [1.807, 2.05) is 0 Å². The Morgan fingerprint density at radius 1 is 1.24 bits per heavy atom. The number of nitro benzene ring substituents is 1. The van der Waals surface area contributed by atoms with E-state index < -0.39 is 20.6 Å². The highest BCUT2D eigenvalue weighted by Crippen LogP contribution is 2.31. The molecule has 1 aliphatic carbocycles. The van der Waals surface area contributed by atoms with Crippen molar-refractivity contribution in [2.24, 2.45) is 5.92 Å². The molecule has 162 valence electrons. The number of ether oxygens (including phenoxy) is 1. The zero-order valence-electron chi connectivity index (χ0n) is 16.9. The van der Waals surface area contributed by atoms with Crippen molar-refractivity contribution in [3.8, 4) is 5.75 Å². The van der Waals surface area contributed by atoms with Crippen LogP contribution in [-0.2, 0) is 14.8 Å². The number of rotatable bonds is 10. The van der Waals surface area contributed by atoms with E-state index in [0.717, 1.165) is 18.9 Å². The van der Waals surface area contributed by atoms with Gasteiger partial charge in [0.15, 0.2) is 12.4 Å². The summed E-state index contributed by atoms with van der Waals surface area (Å²) in [4.78, 5) is 22.5. The number of carbonyl (C=O) groups is 1. The van der Waals surface area contributed by atoms with Crippen LogP contribution < -0.4 is 10.1 Å². The second-order valence-electron chi connectivity index (χ2n) is 7.07. The molecule has 1 amide bonds. The van der Waals surface area contributed by atoms with Crippen LogP contribution in [-0.4, -0.2) is 49.8 Å². The first-order valence-electron chi connectivity index (χ1n) is 9.97. The number of nitrogens with zero attached hydrogens (tertiary/aromatic N) is 2. The van der Waals surface area contributed by atoms with E-state index in [0.29, 0.717) is 12.5 Å². The number of hydrogen-bond donors (Lipinski definition) is 1. The third kappa shape index (κ3) is 6.14. The van der Waals surface area contributed by atoms with E-state index in [4.69, 9.17) is 4.74 Å². The highest BCUT2D eigenvalue weighted by Gasteiger charge is 2.26. The number of amides is 1. The molecule has 1 N–H and O–H groups in total. The largest absolute Gasteiger partial charge is 0.477 e. The lowest BCUT2D eigenvalue weighted by atomic mass is 9.89. The summed E-state index contributed by atoms with van der Waals surface area (Å²) >= 11 is 0. The van der Waals surface area contributed by atoms with Crippen molar-refractivity contribution >= 4 is 21.6 Å². The third-order valence-corrected chi connectivity index (χ3v) is 7.19. The molecule has 2 rings (SSSR count). The minimum absolute atomic E-state index is 0.138. The highest BCUT2D eigenvalue weighted by atomic mass is 32.2. The summed E-state index contributed by atoms with van der Waals surface area (Å²) in [5.74, 6) is -0.0300. The molecule has 1 saturated carbocycles. The number of hydrogen-bond acceptors (Lipinski definition) is 6. The van der Waals surface area contributed by atoms with Gasteiger partial charge < -0.3 is 10.1 Å². The van der Waals surface area contributed by atoms with Gasteiger partial charge in [0.1, 0.15) is 0 Å². The van der Waals surface area contributed by atoms with E-state index in [9.17, 15) is 23.3 Å². The minimum atomic E-state index is -3.83. The quantitative estimate of drug-likeness (QED) is 0.453. The summed E-state index contributed by atoms with van der Waals surface area (Å²) in [6.07, 6.45) is 5.76. The molecule has 0 heterocycles. The van der Waals surface area contributed by atoms with Gasteiger partial charge in [0, 0.05) is 25.7 Å². The van der Waals surface area contributed by atoms with Gasteiger partial charge in [-0.05, 0) is 30.9 Å². The lowest BCUT2D eigenvalue weighted by Crippen LogP contribution is -2.33. The Balaban J connectivity index is 2.05. The van der Waals surface area contributed by atoms with Crippen molar-refractivity contribution in [3.63, 3.8) is 0 Å². The fraction of sp³-hybridized carbons (Fsp3) is 0.632. The molecule has 0 aromatic heterocycles. The van der Waals surface area contributed by atoms with Crippen LogP contribution >= 0.6 is 0 Å². The van der Waals surface area contributed by atoms with Crippen molar-refractivity contribution in [1.29, 1.82) is 0 Å². The van der Waals surface area contributed by atoms with Gasteiger partial charge in [0.2, 0.25) is 10.0 Å². The summed E-state index contributed by atoms with van der Waals surface area (Å²) in [5, 5.41) is 14.2. The molecule has 9 nitrogen and oxygen atoms in total. The van der Waals surface area contributed by atoms with E-state index in [1.165, 1.54) is 35.7 Å². The Morgan fingerprint density at radius 2 is 1.90 bits per heavy atom. The molecule has 0 unspecified atom stereocenters. The predicted octanol–water partition coefficient (Wildman–Crippen LogP) is 2.70. The number of carbonyl (C=O) groups excluding carboxylic acids is 1. The van der Waals surface area contributed by atoms with Crippen molar-refractivity contribution in [3.05, 3.63) is 28.3 Å². The monoisotopic (exact) mass is 427 g/mol. The lowest BCUT2D eigenvalue weighted by molar-refractivity contribution is -0.386. The molecule has 1 aliphatic rings. The van der Waals surface area contributed by atoms with Crippen LogP contribution in [0.15, 0.2) is 23.1 Å². The molecule has 0 radical (unpaired) electrons. The fourth-order valence-electron chi connectivity index (χ4n) is 3.48. The Bertz CT molecular complexity index is 817. The topological polar surface area (TPSA) is 119 Å². The van der Waals surface area contributed by atoms with Crippen molar-refractivity contribution in [2.45, 2.75) is 50.8 Å². The lowest BCUT2D eigenvalue weighted by Gasteiger charge is -2.21. The maximum absolute atomic E-state index is 12.6. The van der Waals surface area contributed by atoms with Gasteiger partial charge in [-0.25, -0.2) is 8.42 Å². The standard InChI is InChI=1S/C19H29N3O6S/c1-3-21(4-2)29(26,27)16-10-11-18(17(12-16)22(24)25)28-14-19(23)20-13-15-8-6-5-7-9-15/h10-12,15H,3-9,13-14H2,1-2H3,(H,20,23). The van der Waals surface area contributed by atoms with E-state index >= 15 is 0 Å². The van der Waals surface area contributed by atoms with Gasteiger partial charge in [-0.15, -0.1) is 0 Å². The summed E-state index contributed by atoms with van der Waals surface area (Å²) < 4.78 is 31.7. The zero-order valence-corrected chi connectivity index (χ0v) is 17.7. The van der Waals surface area contributed by atoms with Crippen LogP contribution in [0.1, 0.15) is 46.0 Å². The molecule has 10 heteroatoms. The van der Waals surface area contributed by atoms with Gasteiger partial charge in [-0.3, -0.25) is 14.9 Å². The number of nitrogens with one attached hydrogen (secondary N) is 1. The Hall–Kier alpha value is -2.20. The maximum atomic E-state index is 12.6. The molecule has 29 heavy (non-hydrogen) atoms. The first-order valence-corrected chi connectivity index (χ1v) is 11.4. The summed E-state index contributed by atoms with van der Waals surface area (Å²) in [7, 11) is -3.83. The Labute approximate surface area is 171 Å². The summed E-state index contributed by atoms with van der Waals surface area (Å²) in [6, 6.07) is 3.46. The normalized spacial score (nSPS) is 15.3. The van der Waals surface area contributed by atoms with E-state index in [-0.39, 0.29) is 36.2 Å². The molecule has 1 aromatic rings. The molecule has 0 atom stereocenters. The number of sulfonamides is 1. The molecular formula is C19H29N3O6S. The number of nitro groups is 1. The molecule has 1 fully saturated rings. The first kappa shape index (κ1) is 23.1. The fourth-order valence-corrected chi connectivity index (χ4v) is 4.96. The molecule has 1 aromatic carbocycles. The Kier molecular flexibility index (Phi) is 8.39. The average Bonchev–Trinajstić information content (AvgIpc) is 2.72. The van der Waals surface area contributed by atoms with Gasteiger partial charge >= 0.3 is 5.69 Å². The smallest absolute Gasteiger partial charge is 0.312 e. The minimum Gasteiger partial charge on any atom is -0.477 e. The molecule has 0 saturated heterocycles. The molecule has 0 bridgehead atoms. The predicted molar refractivity (Wildman–Crippen MR) is 108 cm³/mol. The summed E-state index contributed by atoms with van der Waals surface area (Å²) in [6.45, 7) is 4.11.